The molecule has 7 aliphatic rings. The first kappa shape index (κ1) is 86.5. The number of furan rings is 2. The molecule has 18 nitrogen and oxygen atoms in total. The van der Waals surface area contributed by atoms with Crippen molar-refractivity contribution in [3.05, 3.63) is 431 Å². The molecule has 21 heteroatoms. The van der Waals surface area contributed by atoms with E-state index in [0.717, 1.165) is 121 Å². The van der Waals surface area contributed by atoms with Gasteiger partial charge < -0.3 is 18.3 Å². The molecule has 137 heavy (non-hydrogen) atoms. The molecule has 0 saturated carbocycles. The number of carbonyl (C=O) groups excluding carboxylic acids is 6. The van der Waals surface area contributed by atoms with Crippen LogP contribution in [0, 0.1) is 6.92 Å². The third kappa shape index (κ3) is 14.3. The molecule has 0 radical (unpaired) electrons. The average Bonchev–Trinajstić information content (AvgIpc) is 1.55. The number of ketones is 2. The molecule has 1 unspecified atom stereocenters. The number of ether oxygens (including phenoxy) is 2. The summed E-state index contributed by atoms with van der Waals surface area (Å²) in [6.45, 7) is 3.99. The highest BCUT2D eigenvalue weighted by Gasteiger charge is 2.44. The summed E-state index contributed by atoms with van der Waals surface area (Å²) >= 11 is 9.55. The molecule has 0 N–H and O–H groups in total. The van der Waals surface area contributed by atoms with Crippen LogP contribution in [-0.2, 0) is 41.6 Å². The van der Waals surface area contributed by atoms with Gasteiger partial charge in [0.15, 0.2) is 33.3 Å². The lowest BCUT2D eigenvalue weighted by atomic mass is 9.85. The van der Waals surface area contributed by atoms with Crippen molar-refractivity contribution in [1.29, 1.82) is 0 Å². The number of halogens is 1. The summed E-state index contributed by atoms with van der Waals surface area (Å²) in [6, 6.07) is 75.5. The number of cyclic esters (lactones) is 4. The van der Waals surface area contributed by atoms with Crippen LogP contribution in [0.5, 0.6) is 0 Å². The molecule has 0 fully saturated rings. The summed E-state index contributed by atoms with van der Waals surface area (Å²) in [4.78, 5) is 172. The number of rotatable bonds is 12. The first-order valence-corrected chi connectivity index (χ1v) is 47.8. The highest BCUT2D eigenvalue weighted by atomic mass is 35.5. The van der Waals surface area contributed by atoms with E-state index in [4.69, 9.17) is 21.1 Å². The van der Waals surface area contributed by atoms with Crippen LogP contribution in [0.4, 0.5) is 0 Å². The highest BCUT2D eigenvalue weighted by Crippen LogP contribution is 2.58. The average molecular weight is 1850 g/mol. The van der Waals surface area contributed by atoms with E-state index in [1.807, 2.05) is 66.8 Å². The van der Waals surface area contributed by atoms with Gasteiger partial charge in [-0.25, -0.2) is 38.4 Å². The summed E-state index contributed by atoms with van der Waals surface area (Å²) < 4.78 is 18.9. The Hall–Kier alpha value is -15.9. The Morgan fingerprint density at radius 1 is 0.343 bits per heavy atom. The number of thioether (sulfide) groups is 2. The van der Waals surface area contributed by atoms with E-state index in [-0.39, 0.29) is 88.6 Å². The van der Waals surface area contributed by atoms with Crippen molar-refractivity contribution >= 4 is 173 Å². The van der Waals surface area contributed by atoms with E-state index in [0.29, 0.717) is 49.2 Å². The van der Waals surface area contributed by atoms with Gasteiger partial charge in [-0.05, 0) is 274 Å². The van der Waals surface area contributed by atoms with Crippen LogP contribution in [0.2, 0.25) is 5.02 Å². The number of esters is 4. The van der Waals surface area contributed by atoms with Gasteiger partial charge in [0.1, 0.15) is 0 Å². The van der Waals surface area contributed by atoms with E-state index in [2.05, 4.69) is 186 Å². The van der Waals surface area contributed by atoms with Gasteiger partial charge in [0.2, 0.25) is 0 Å². The maximum absolute atomic E-state index is 12.9. The molecule has 26 rings (SSSR count). The molecule has 17 aromatic carbocycles. The molecule has 0 spiro atoms. The standard InChI is InChI=1S/C33H22O2.C26H18O3.C24H20O3S2.C17H8O5.C16H5ClO5/c34-29-19-30(35)32-28(29)18-24-15-23(14-21-9-5-2-6-10-21)17-27-26-16-22(13-20-7-3-1-4-8-20)11-12-25(26)33(32)31(24)27;1-2-14-6-5-7-15(12-14)17-11-10-16-13-20-24(26(28)29-25(20)27)23-19-9-4-3-8-18(19)22(17)21(16)23;1-28-10-8-13-4-3-5-15-17-12-18-22(24(26)27-23(18)25)16-7-6-14(9-11-29-2)20(19(13)15)21(16)17;1-7-2-3-8-9(4-7)15(19)11-6-13-12(5-10(11)14(8)18)16(20)22-17(13)21;17-6-1-2-7-8(3-6)14(19)10-5-12-11(4-9(10)13(7)18)15(20)22-16(12)21/h1-12,15-18H,13-14,19H2;3-8,10-13,19H,2,9H2,1H3;3-7,12H,8-11H2,1-2H3;2-6H,1H3;1-5H. The third-order valence-corrected chi connectivity index (χ3v) is 28.7. The quantitative estimate of drug-likeness (QED) is 0.0624. The molecular formula is C116H73ClO18S2. The van der Waals surface area contributed by atoms with Crippen LogP contribution < -0.4 is 44.2 Å². The minimum atomic E-state index is -0.819. The van der Waals surface area contributed by atoms with E-state index in [1.54, 1.807) is 18.2 Å². The number of Topliss-reactive ketones (excluding diaryl/α,β-unsaturated/α-hetero) is 2. The van der Waals surface area contributed by atoms with E-state index >= 15 is 0 Å². The molecule has 0 amide bonds. The Kier molecular flexibility index (Phi) is 21.4. The van der Waals surface area contributed by atoms with Crippen LogP contribution in [0.15, 0.2) is 302 Å². The van der Waals surface area contributed by atoms with Crippen molar-refractivity contribution in [2.45, 2.75) is 64.7 Å². The van der Waals surface area contributed by atoms with E-state index < -0.39 is 57.2 Å². The zero-order chi connectivity index (χ0) is 94.5. The fourth-order valence-corrected chi connectivity index (χ4v) is 22.1. The predicted molar refractivity (Wildman–Crippen MR) is 543 cm³/mol. The van der Waals surface area contributed by atoms with Gasteiger partial charge in [-0.3, -0.25) is 28.8 Å². The number of benzene rings is 17. The van der Waals surface area contributed by atoms with Gasteiger partial charge in [-0.1, -0.05) is 212 Å². The lowest BCUT2D eigenvalue weighted by molar-refractivity contribution is 0.0426. The third-order valence-electron chi connectivity index (χ3n) is 27.3. The number of aryl methyl sites for hydroxylation is 4. The molecule has 4 heterocycles. The molecular weight excluding hydrogens is 1780 g/mol. The minimum absolute atomic E-state index is 0.00214. The smallest absolute Gasteiger partial charge is 0.347 e. The van der Waals surface area contributed by atoms with Crippen molar-refractivity contribution in [3.63, 3.8) is 0 Å². The number of hydrogen-bond donors (Lipinski definition) is 0. The fourth-order valence-electron chi connectivity index (χ4n) is 21.1. The number of allylic oxidation sites excluding steroid dienone is 4. The molecule has 2 aromatic heterocycles. The topological polar surface area (TPSA) is 284 Å². The molecule has 0 saturated heterocycles. The van der Waals surface area contributed by atoms with Crippen LogP contribution in [-0.4, -0.2) is 59.5 Å². The second-order valence-electron chi connectivity index (χ2n) is 35.2. The predicted octanol–water partition coefficient (Wildman–Crippen LogP) is 21.9. The Balaban J connectivity index is 0.000000100. The molecule has 0 bridgehead atoms. The van der Waals surface area contributed by atoms with Gasteiger partial charge in [0.05, 0.1) is 50.2 Å². The summed E-state index contributed by atoms with van der Waals surface area (Å²) in [5.41, 5.74) is 22.8. The monoisotopic (exact) mass is 1850 g/mol. The molecule has 1 atom stereocenters. The summed E-state index contributed by atoms with van der Waals surface area (Å²) in [6.07, 6.45) is 16.1. The summed E-state index contributed by atoms with van der Waals surface area (Å²) in [5.74, 6) is -0.0428. The molecule has 5 aliphatic carbocycles. The minimum Gasteiger partial charge on any atom is -0.386 e. The Bertz CT molecular complexity index is 9080. The van der Waals surface area contributed by atoms with Gasteiger partial charge >= 0.3 is 46.4 Å². The SMILES string of the molecule is CCc1cccc(-c2ccc3cc4c(c5c3c2C2=CC=CCC25)C(=O)OC4=O)c1.CSCCc1cccc2c1-c1c(CCSC)ccc3c4c(cc-2c13)C(=O)OC4=O.Cc1ccc2c(=O)c3cc4c(=O)oc(=O)c4cc3c(=O)c2c1.O=C1CC(=O)c2c1cc1cc(Cc3ccccc3)cc3c1c2-c1ccc(Cc2ccccc2)cc1-3.O=c1oc(=O)c2cc3c(=O)c4cc(Cl)ccc4c(=O)c3cc12. The maximum Gasteiger partial charge on any atom is 0.347 e. The molecule has 664 valence electrons. The highest BCUT2D eigenvalue weighted by molar-refractivity contribution is 7.98. The van der Waals surface area contributed by atoms with Crippen LogP contribution in [0.1, 0.15) is 143 Å². The van der Waals surface area contributed by atoms with Gasteiger partial charge in [0, 0.05) is 70.7 Å². The summed E-state index contributed by atoms with van der Waals surface area (Å²) in [7, 11) is 0. The second kappa shape index (κ2) is 33.9. The Morgan fingerprint density at radius 2 is 0.883 bits per heavy atom. The van der Waals surface area contributed by atoms with Crippen molar-refractivity contribution < 1.29 is 47.1 Å². The van der Waals surface area contributed by atoms with Crippen LogP contribution in [0.3, 0.4) is 0 Å². The van der Waals surface area contributed by atoms with E-state index in [9.17, 15) is 67.1 Å². The number of fused-ring (bicyclic) bond motifs is 21. The fraction of sp³-hybridized carbons (Fsp3) is 0.121. The molecule has 2 aliphatic heterocycles. The van der Waals surface area contributed by atoms with Crippen molar-refractivity contribution in [3.8, 4) is 55.6 Å². The first-order valence-electron chi connectivity index (χ1n) is 44.7. The largest absolute Gasteiger partial charge is 0.386 e. The zero-order valence-corrected chi connectivity index (χ0v) is 76.1. The van der Waals surface area contributed by atoms with Gasteiger partial charge in [-0.2, -0.15) is 23.5 Å². The van der Waals surface area contributed by atoms with Crippen LogP contribution in [0.25, 0.3) is 158 Å². The van der Waals surface area contributed by atoms with Crippen molar-refractivity contribution in [1.82, 2.24) is 0 Å². The van der Waals surface area contributed by atoms with Gasteiger partial charge in [-0.15, -0.1) is 0 Å². The Labute approximate surface area is 790 Å². The molecule has 19 aromatic rings. The first-order chi connectivity index (χ1) is 66.4. The maximum atomic E-state index is 12.9. The Morgan fingerprint density at radius 3 is 1.52 bits per heavy atom. The van der Waals surface area contributed by atoms with E-state index in [1.165, 1.54) is 120 Å². The number of hydrogen-bond acceptors (Lipinski definition) is 20. The number of carbonyl (C=O) groups is 6. The van der Waals surface area contributed by atoms with Crippen LogP contribution >= 0.6 is 35.1 Å². The van der Waals surface area contributed by atoms with Crippen molar-refractivity contribution in [2.24, 2.45) is 0 Å². The summed E-state index contributed by atoms with van der Waals surface area (Å²) in [5, 5.41) is 8.01. The lowest BCUT2D eigenvalue weighted by Crippen LogP contribution is -2.13. The normalized spacial score (nSPS) is 14.0. The zero-order valence-electron chi connectivity index (χ0n) is 73.7. The van der Waals surface area contributed by atoms with Gasteiger partial charge in [0.25, 0.3) is 0 Å². The lowest BCUT2D eigenvalue weighted by Gasteiger charge is -2.17. The van der Waals surface area contributed by atoms with Crippen molar-refractivity contribution in [2.75, 3.05) is 24.0 Å². The second-order valence-corrected chi connectivity index (χ2v) is 37.6.